The molecule has 1 aliphatic rings. The van der Waals surface area contributed by atoms with E-state index < -0.39 is 0 Å². The summed E-state index contributed by atoms with van der Waals surface area (Å²) in [6.45, 7) is 9.15. The number of hydrogen-bond acceptors (Lipinski definition) is 1. The molecule has 0 aliphatic heterocycles. The summed E-state index contributed by atoms with van der Waals surface area (Å²) in [4.78, 5) is 4.78. The highest BCUT2D eigenvalue weighted by atomic mass is 14.6. The molecule has 1 nitrogen and oxygen atoms in total. The Balaban J connectivity index is 1.46. The Morgan fingerprint density at radius 1 is 0.467 bits per heavy atom. The van der Waals surface area contributed by atoms with Gasteiger partial charge in [0.25, 0.3) is 0 Å². The number of nitrogens with zero attached hydrogens (tertiary/aromatic N) is 1. The minimum atomic E-state index is -0.193. The van der Waals surface area contributed by atoms with Gasteiger partial charge in [-0.05, 0) is 102 Å². The molecule has 0 N–H and O–H groups in total. The van der Waals surface area contributed by atoms with E-state index >= 15 is 0 Å². The molecule has 9 rings (SSSR count). The zero-order valence-corrected chi connectivity index (χ0v) is 26.1. The molecule has 0 spiro atoms. The maximum Gasteiger partial charge on any atom is 0.0353 e. The van der Waals surface area contributed by atoms with E-state index in [0.29, 0.717) is 0 Å². The van der Waals surface area contributed by atoms with Crippen molar-refractivity contribution in [2.24, 2.45) is 0 Å². The van der Waals surface area contributed by atoms with Gasteiger partial charge in [-0.15, -0.1) is 0 Å². The summed E-state index contributed by atoms with van der Waals surface area (Å²) in [5, 5.41) is 10.3. The van der Waals surface area contributed by atoms with Gasteiger partial charge in [0.15, 0.2) is 0 Å². The van der Waals surface area contributed by atoms with Crippen LogP contribution in [0.15, 0.2) is 128 Å². The Labute approximate surface area is 263 Å². The molecule has 0 fully saturated rings. The van der Waals surface area contributed by atoms with Gasteiger partial charge in [0.2, 0.25) is 0 Å². The molecule has 0 unspecified atom stereocenters. The van der Waals surface area contributed by atoms with Gasteiger partial charge in [-0.3, -0.25) is 4.98 Å². The minimum absolute atomic E-state index is 0.193. The van der Waals surface area contributed by atoms with Gasteiger partial charge in [0.1, 0.15) is 0 Å². The first kappa shape index (κ1) is 26.2. The molecule has 1 heteroatoms. The third-order valence-corrected chi connectivity index (χ3v) is 10.3. The average molecular weight is 576 g/mol. The van der Waals surface area contributed by atoms with Crippen molar-refractivity contribution in [1.29, 1.82) is 0 Å². The summed E-state index contributed by atoms with van der Waals surface area (Å²) in [7, 11) is 0. The highest BCUT2D eigenvalue weighted by Crippen LogP contribution is 2.54. The lowest BCUT2D eigenvalue weighted by Crippen LogP contribution is -2.24. The van der Waals surface area contributed by atoms with E-state index in [4.69, 9.17) is 4.98 Å². The van der Waals surface area contributed by atoms with E-state index in [1.54, 1.807) is 0 Å². The molecule has 1 aromatic heterocycles. The Kier molecular flexibility index (Phi) is 5.44. The maximum atomic E-state index is 4.78. The second-order valence-electron chi connectivity index (χ2n) is 13.3. The normalized spacial score (nSPS) is 13.5. The number of fused-ring (bicyclic) bond motifs is 6. The summed E-state index contributed by atoms with van der Waals surface area (Å²) >= 11 is 0. The van der Waals surface area contributed by atoms with Gasteiger partial charge in [0, 0.05) is 28.8 Å². The van der Waals surface area contributed by atoms with Crippen LogP contribution in [0.25, 0.3) is 76.5 Å². The predicted molar refractivity (Wildman–Crippen MR) is 192 cm³/mol. The molecule has 0 saturated carbocycles. The van der Waals surface area contributed by atoms with Gasteiger partial charge >= 0.3 is 0 Å². The van der Waals surface area contributed by atoms with E-state index in [9.17, 15) is 0 Å². The molecule has 8 aromatic rings. The third kappa shape index (κ3) is 3.58. The summed E-state index contributed by atoms with van der Waals surface area (Å²) in [6, 6.07) is 43.1. The van der Waals surface area contributed by atoms with Crippen molar-refractivity contribution >= 4 is 43.1 Å². The third-order valence-electron chi connectivity index (χ3n) is 10.3. The van der Waals surface area contributed by atoms with Crippen LogP contribution >= 0.6 is 0 Å². The van der Waals surface area contributed by atoms with Gasteiger partial charge in [-0.25, -0.2) is 0 Å². The molecule has 1 aliphatic carbocycles. The molecule has 214 valence electrons. The van der Waals surface area contributed by atoms with E-state index in [1.165, 1.54) is 98.7 Å². The van der Waals surface area contributed by atoms with Gasteiger partial charge in [-0.2, -0.15) is 0 Å². The first-order chi connectivity index (χ1) is 21.9. The van der Waals surface area contributed by atoms with E-state index in [-0.39, 0.29) is 5.41 Å². The molecule has 1 heterocycles. The fourth-order valence-corrected chi connectivity index (χ4v) is 8.10. The molecular formula is C44H33N. The highest BCUT2D eigenvalue weighted by molar-refractivity contribution is 6.25. The van der Waals surface area contributed by atoms with Crippen molar-refractivity contribution < 1.29 is 0 Å². The van der Waals surface area contributed by atoms with Crippen molar-refractivity contribution in [3.8, 4) is 33.4 Å². The van der Waals surface area contributed by atoms with Crippen LogP contribution in [0.3, 0.4) is 0 Å². The Bertz CT molecular complexity index is 2460. The molecule has 0 atom stereocenters. The topological polar surface area (TPSA) is 12.9 Å². The van der Waals surface area contributed by atoms with Gasteiger partial charge < -0.3 is 0 Å². The van der Waals surface area contributed by atoms with E-state index in [2.05, 4.69) is 149 Å². The van der Waals surface area contributed by atoms with Crippen LogP contribution in [0.5, 0.6) is 0 Å². The predicted octanol–water partition coefficient (Wildman–Crippen LogP) is 12.0. The number of aryl methyl sites for hydroxylation is 2. The number of rotatable bonds is 2. The number of pyridine rings is 1. The molecule has 0 radical (unpaired) electrons. The van der Waals surface area contributed by atoms with Gasteiger partial charge in [0.05, 0.1) is 0 Å². The Morgan fingerprint density at radius 3 is 1.64 bits per heavy atom. The van der Waals surface area contributed by atoms with E-state index in [1.807, 2.05) is 6.20 Å². The number of aromatic nitrogens is 1. The molecule has 45 heavy (non-hydrogen) atoms. The van der Waals surface area contributed by atoms with Crippen LogP contribution < -0.4 is 0 Å². The zero-order valence-electron chi connectivity index (χ0n) is 26.1. The van der Waals surface area contributed by atoms with Crippen LogP contribution in [-0.2, 0) is 5.41 Å². The minimum Gasteiger partial charge on any atom is -0.263 e. The van der Waals surface area contributed by atoms with Crippen LogP contribution in [0.2, 0.25) is 0 Å². The lowest BCUT2D eigenvalue weighted by molar-refractivity contribution is 0.646. The first-order valence-corrected chi connectivity index (χ1v) is 15.9. The second kappa shape index (κ2) is 9.36. The average Bonchev–Trinajstić information content (AvgIpc) is 3.07. The number of hydrogen-bond donors (Lipinski definition) is 0. The van der Waals surface area contributed by atoms with Gasteiger partial charge in [-0.1, -0.05) is 129 Å². The van der Waals surface area contributed by atoms with Crippen LogP contribution in [0, 0.1) is 13.8 Å². The molecule has 0 amide bonds. The van der Waals surface area contributed by atoms with Crippen molar-refractivity contribution in [3.63, 3.8) is 0 Å². The monoisotopic (exact) mass is 575 g/mol. The Hall–Kier alpha value is -5.27. The molecule has 0 bridgehead atoms. The highest BCUT2D eigenvalue weighted by Gasteiger charge is 2.36. The molecule has 7 aromatic carbocycles. The van der Waals surface area contributed by atoms with Crippen molar-refractivity contribution in [3.05, 3.63) is 150 Å². The largest absolute Gasteiger partial charge is 0.263 e. The molecular weight excluding hydrogens is 542 g/mol. The van der Waals surface area contributed by atoms with Crippen molar-refractivity contribution in [1.82, 2.24) is 4.98 Å². The van der Waals surface area contributed by atoms with Crippen molar-refractivity contribution in [2.75, 3.05) is 0 Å². The quantitative estimate of drug-likeness (QED) is 0.187. The lowest BCUT2D eigenvalue weighted by Gasteiger charge is -2.36. The Morgan fingerprint density at radius 2 is 1.02 bits per heavy atom. The van der Waals surface area contributed by atoms with Crippen molar-refractivity contribution in [2.45, 2.75) is 33.1 Å². The van der Waals surface area contributed by atoms with Crippen LogP contribution in [0.4, 0.5) is 0 Å². The van der Waals surface area contributed by atoms with Crippen LogP contribution in [0.1, 0.15) is 36.1 Å². The standard InChI is InChI=1S/C44H33N/c1-26-17-20-28(21-18-26)40-31-13-7-9-15-33(31)41(34-16-10-8-14-32(34)40)35-23-39-42(30-12-6-5-11-29(30)35)37-25-45-24-36-27(2)19-22-38(43(36)37)44(39,3)4/h5-25H,1-4H3. The fraction of sp³-hybridized carbons (Fsp3) is 0.114. The van der Waals surface area contributed by atoms with Crippen LogP contribution in [-0.4, -0.2) is 4.98 Å². The lowest BCUT2D eigenvalue weighted by atomic mass is 9.66. The smallest absolute Gasteiger partial charge is 0.0353 e. The van der Waals surface area contributed by atoms with E-state index in [0.717, 1.165) is 0 Å². The number of benzene rings is 7. The second-order valence-corrected chi connectivity index (χ2v) is 13.3. The SMILES string of the molecule is Cc1ccc(-c2c3ccccc3c(-c3cc4c(c5ccccc35)-c3cncc5c(C)ccc(c35)C4(C)C)c3ccccc23)cc1. The zero-order chi connectivity index (χ0) is 30.4. The fourth-order valence-electron chi connectivity index (χ4n) is 8.10. The first-order valence-electron chi connectivity index (χ1n) is 15.9. The maximum absolute atomic E-state index is 4.78. The summed E-state index contributed by atoms with van der Waals surface area (Å²) in [5.74, 6) is 0. The molecule has 0 saturated heterocycles. The summed E-state index contributed by atoms with van der Waals surface area (Å²) < 4.78 is 0. The summed E-state index contributed by atoms with van der Waals surface area (Å²) in [6.07, 6.45) is 4.13. The summed E-state index contributed by atoms with van der Waals surface area (Å²) in [5.41, 5.74) is 12.8.